The lowest BCUT2D eigenvalue weighted by Gasteiger charge is -2.45. The molecule has 1 aromatic carbocycles. The van der Waals surface area contributed by atoms with E-state index in [1.807, 2.05) is 23.1 Å². The molecule has 27 heavy (non-hydrogen) atoms. The number of carbonyl (C=O) groups excluding carboxylic acids is 2. The average Bonchev–Trinajstić information content (AvgIpc) is 3.59. The second kappa shape index (κ2) is 7.49. The number of amides is 2. The molecule has 2 saturated heterocycles. The number of hydrogen-bond donors (Lipinski definition) is 0. The lowest BCUT2D eigenvalue weighted by molar-refractivity contribution is -0.143. The summed E-state index contributed by atoms with van der Waals surface area (Å²) in [4.78, 5) is 29.8. The fourth-order valence-corrected chi connectivity index (χ4v) is 5.07. The predicted octanol–water partition coefficient (Wildman–Crippen LogP) is 3.38. The highest BCUT2D eigenvalue weighted by Crippen LogP contribution is 2.43. The number of carbonyl (C=O) groups is 2. The smallest absolute Gasteiger partial charge is 0.245 e. The SMILES string of the molecule is C=CC(=O)N1CCC(C(=O)N2CCCC(C3CC3)C2)(c2ccccc2)CC1. The van der Waals surface area contributed by atoms with Crippen LogP contribution in [0.1, 0.15) is 44.1 Å². The van der Waals surface area contributed by atoms with Gasteiger partial charge in [-0.2, -0.15) is 0 Å². The summed E-state index contributed by atoms with van der Waals surface area (Å²) in [5, 5.41) is 0. The Hall–Kier alpha value is -2.10. The Kier molecular flexibility index (Phi) is 5.07. The van der Waals surface area contributed by atoms with Crippen LogP contribution in [-0.4, -0.2) is 47.8 Å². The van der Waals surface area contributed by atoms with Gasteiger partial charge in [0.05, 0.1) is 5.41 Å². The summed E-state index contributed by atoms with van der Waals surface area (Å²) >= 11 is 0. The van der Waals surface area contributed by atoms with Crippen LogP contribution in [0.5, 0.6) is 0 Å². The molecule has 144 valence electrons. The Balaban J connectivity index is 1.58. The lowest BCUT2D eigenvalue weighted by atomic mass is 9.71. The van der Waals surface area contributed by atoms with Gasteiger partial charge in [-0.3, -0.25) is 9.59 Å². The quantitative estimate of drug-likeness (QED) is 0.767. The van der Waals surface area contributed by atoms with Crippen LogP contribution >= 0.6 is 0 Å². The molecule has 3 aliphatic rings. The molecule has 0 bridgehead atoms. The molecule has 0 aromatic heterocycles. The number of likely N-dealkylation sites (tertiary alicyclic amines) is 2. The zero-order valence-corrected chi connectivity index (χ0v) is 16.1. The number of piperidine rings is 2. The second-order valence-electron chi connectivity index (χ2n) is 8.47. The van der Waals surface area contributed by atoms with Gasteiger partial charge in [-0.15, -0.1) is 0 Å². The minimum Gasteiger partial charge on any atom is -0.342 e. The minimum atomic E-state index is -0.495. The first-order chi connectivity index (χ1) is 13.1. The van der Waals surface area contributed by atoms with Crippen LogP contribution in [0.15, 0.2) is 43.0 Å². The van der Waals surface area contributed by atoms with Crippen LogP contribution in [0.4, 0.5) is 0 Å². The summed E-state index contributed by atoms with van der Waals surface area (Å²) in [5.41, 5.74) is 0.610. The molecule has 1 aromatic rings. The summed E-state index contributed by atoms with van der Waals surface area (Å²) < 4.78 is 0. The van der Waals surface area contributed by atoms with E-state index in [1.54, 1.807) is 0 Å². The van der Waals surface area contributed by atoms with E-state index in [1.165, 1.54) is 25.3 Å². The maximum absolute atomic E-state index is 13.8. The maximum Gasteiger partial charge on any atom is 0.245 e. The largest absolute Gasteiger partial charge is 0.342 e. The van der Waals surface area contributed by atoms with Crippen LogP contribution in [0.25, 0.3) is 0 Å². The Labute approximate surface area is 162 Å². The van der Waals surface area contributed by atoms with Crippen molar-refractivity contribution >= 4 is 11.8 Å². The molecule has 1 atom stereocenters. The van der Waals surface area contributed by atoms with E-state index >= 15 is 0 Å². The van der Waals surface area contributed by atoms with Crippen molar-refractivity contribution in [2.45, 2.75) is 43.9 Å². The molecule has 4 rings (SSSR count). The molecule has 1 unspecified atom stereocenters. The van der Waals surface area contributed by atoms with E-state index < -0.39 is 5.41 Å². The van der Waals surface area contributed by atoms with Gasteiger partial charge in [0.25, 0.3) is 0 Å². The third kappa shape index (κ3) is 3.54. The molecule has 3 fully saturated rings. The fourth-order valence-electron chi connectivity index (χ4n) is 5.07. The van der Waals surface area contributed by atoms with Crippen LogP contribution in [0, 0.1) is 11.8 Å². The Bertz CT molecular complexity index is 702. The van der Waals surface area contributed by atoms with Crippen molar-refractivity contribution in [1.82, 2.24) is 9.80 Å². The van der Waals surface area contributed by atoms with Gasteiger partial charge in [-0.1, -0.05) is 36.9 Å². The molecule has 1 aliphatic carbocycles. The molecule has 2 amide bonds. The fraction of sp³-hybridized carbons (Fsp3) is 0.565. The lowest BCUT2D eigenvalue weighted by Crippen LogP contribution is -2.55. The van der Waals surface area contributed by atoms with E-state index in [2.05, 4.69) is 23.6 Å². The van der Waals surface area contributed by atoms with Crippen LogP contribution in [0.3, 0.4) is 0 Å². The van der Waals surface area contributed by atoms with Crippen LogP contribution in [-0.2, 0) is 15.0 Å². The highest BCUT2D eigenvalue weighted by atomic mass is 16.2. The molecule has 2 heterocycles. The Morgan fingerprint density at radius 1 is 0.963 bits per heavy atom. The van der Waals surface area contributed by atoms with Gasteiger partial charge in [0.2, 0.25) is 11.8 Å². The summed E-state index contributed by atoms with van der Waals surface area (Å²) in [5.74, 6) is 1.79. The Morgan fingerprint density at radius 3 is 2.30 bits per heavy atom. The highest BCUT2D eigenvalue weighted by molar-refractivity contribution is 5.90. The molecule has 0 radical (unpaired) electrons. The summed E-state index contributed by atoms with van der Waals surface area (Å²) in [6.45, 7) is 6.64. The molecule has 0 N–H and O–H groups in total. The molecular formula is C23H30N2O2. The first kappa shape index (κ1) is 18.3. The third-order valence-corrected chi connectivity index (χ3v) is 6.87. The van der Waals surface area contributed by atoms with E-state index in [9.17, 15) is 9.59 Å². The highest BCUT2D eigenvalue weighted by Gasteiger charge is 2.47. The van der Waals surface area contributed by atoms with Gasteiger partial charge in [0, 0.05) is 26.2 Å². The van der Waals surface area contributed by atoms with Crippen molar-refractivity contribution in [2.24, 2.45) is 11.8 Å². The van der Waals surface area contributed by atoms with Gasteiger partial charge >= 0.3 is 0 Å². The maximum atomic E-state index is 13.8. The number of hydrogen-bond acceptors (Lipinski definition) is 2. The van der Waals surface area contributed by atoms with Gasteiger partial charge in [-0.05, 0) is 62.0 Å². The second-order valence-corrected chi connectivity index (χ2v) is 8.47. The third-order valence-electron chi connectivity index (χ3n) is 6.87. The van der Waals surface area contributed by atoms with E-state index in [-0.39, 0.29) is 11.8 Å². The van der Waals surface area contributed by atoms with Crippen molar-refractivity contribution in [3.63, 3.8) is 0 Å². The van der Waals surface area contributed by atoms with Crippen molar-refractivity contribution in [1.29, 1.82) is 0 Å². The number of rotatable bonds is 4. The monoisotopic (exact) mass is 366 g/mol. The molecule has 4 nitrogen and oxygen atoms in total. The normalized spacial score (nSPS) is 25.1. The van der Waals surface area contributed by atoms with Crippen molar-refractivity contribution in [3.8, 4) is 0 Å². The van der Waals surface area contributed by atoms with Gasteiger partial charge in [0.15, 0.2) is 0 Å². The summed E-state index contributed by atoms with van der Waals surface area (Å²) in [6.07, 6.45) is 7.85. The number of nitrogens with zero attached hydrogens (tertiary/aromatic N) is 2. The summed E-state index contributed by atoms with van der Waals surface area (Å²) in [7, 11) is 0. The molecule has 2 aliphatic heterocycles. The zero-order valence-electron chi connectivity index (χ0n) is 16.1. The first-order valence-corrected chi connectivity index (χ1v) is 10.4. The Morgan fingerprint density at radius 2 is 1.67 bits per heavy atom. The van der Waals surface area contributed by atoms with Crippen LogP contribution in [0.2, 0.25) is 0 Å². The van der Waals surface area contributed by atoms with E-state index in [0.29, 0.717) is 31.8 Å². The average molecular weight is 367 g/mol. The van der Waals surface area contributed by atoms with Gasteiger partial charge in [-0.25, -0.2) is 0 Å². The zero-order chi connectivity index (χ0) is 18.9. The molecular weight excluding hydrogens is 336 g/mol. The van der Waals surface area contributed by atoms with Gasteiger partial charge < -0.3 is 9.80 Å². The molecule has 0 spiro atoms. The first-order valence-electron chi connectivity index (χ1n) is 10.4. The van der Waals surface area contributed by atoms with E-state index in [4.69, 9.17) is 0 Å². The van der Waals surface area contributed by atoms with Crippen molar-refractivity contribution in [2.75, 3.05) is 26.2 Å². The van der Waals surface area contributed by atoms with Crippen molar-refractivity contribution in [3.05, 3.63) is 48.6 Å². The summed E-state index contributed by atoms with van der Waals surface area (Å²) in [6, 6.07) is 10.2. The standard InChI is InChI=1S/C23H30N2O2/c1-2-21(26)24-15-12-23(13-16-24,20-8-4-3-5-9-20)22(27)25-14-6-7-19(17-25)18-10-11-18/h2-5,8-9,18-19H,1,6-7,10-17H2. The van der Waals surface area contributed by atoms with Crippen LogP contribution < -0.4 is 0 Å². The molecule has 1 saturated carbocycles. The van der Waals surface area contributed by atoms with Gasteiger partial charge in [0.1, 0.15) is 0 Å². The number of benzene rings is 1. The van der Waals surface area contributed by atoms with E-state index in [0.717, 1.165) is 31.0 Å². The topological polar surface area (TPSA) is 40.6 Å². The predicted molar refractivity (Wildman–Crippen MR) is 106 cm³/mol. The molecule has 4 heteroatoms. The van der Waals surface area contributed by atoms with Crippen molar-refractivity contribution < 1.29 is 9.59 Å². The minimum absolute atomic E-state index is 0.0316.